The van der Waals surface area contributed by atoms with Gasteiger partial charge in [-0.1, -0.05) is 51.2 Å². The second-order valence-corrected chi connectivity index (χ2v) is 4.48. The van der Waals surface area contributed by atoms with Gasteiger partial charge in [0.1, 0.15) is 4.84 Å². The number of allylic oxidation sites excluding steroid dienone is 2. The first-order valence-electron chi connectivity index (χ1n) is 5.22. The molecule has 13 heavy (non-hydrogen) atoms. The first kappa shape index (κ1) is 13.3. The van der Waals surface area contributed by atoms with Gasteiger partial charge in [-0.15, -0.1) is 23.2 Å². The van der Waals surface area contributed by atoms with E-state index in [4.69, 9.17) is 23.2 Å². The average Bonchev–Trinajstić information content (AvgIpc) is 2.09. The zero-order valence-corrected chi connectivity index (χ0v) is 9.95. The Kier molecular flexibility index (Phi) is 10.7. The summed E-state index contributed by atoms with van der Waals surface area (Å²) in [7, 11) is 0. The summed E-state index contributed by atoms with van der Waals surface area (Å²) in [5.74, 6) is 0. The highest BCUT2D eigenvalue weighted by atomic mass is 35.5. The van der Waals surface area contributed by atoms with E-state index in [9.17, 15) is 0 Å². The lowest BCUT2D eigenvalue weighted by Crippen LogP contribution is -1.79. The summed E-state index contributed by atoms with van der Waals surface area (Å²) in [5.41, 5.74) is 0. The van der Waals surface area contributed by atoms with E-state index in [-0.39, 0.29) is 4.84 Å². The van der Waals surface area contributed by atoms with E-state index in [2.05, 4.69) is 13.0 Å². The van der Waals surface area contributed by atoms with Crippen LogP contribution in [0, 0.1) is 0 Å². The quantitative estimate of drug-likeness (QED) is 0.305. The molecule has 0 heterocycles. The molecular weight excluding hydrogens is 203 g/mol. The summed E-state index contributed by atoms with van der Waals surface area (Å²) >= 11 is 11.1. The average molecular weight is 223 g/mol. The van der Waals surface area contributed by atoms with E-state index >= 15 is 0 Å². The second kappa shape index (κ2) is 10.4. The largest absolute Gasteiger partial charge is 0.125 e. The fourth-order valence-corrected chi connectivity index (χ4v) is 1.45. The maximum Gasteiger partial charge on any atom is 0.125 e. The van der Waals surface area contributed by atoms with Crippen molar-refractivity contribution < 1.29 is 0 Å². The Hall–Kier alpha value is 0.320. The van der Waals surface area contributed by atoms with E-state index in [1.165, 1.54) is 38.5 Å². The number of hydrogen-bond acceptors (Lipinski definition) is 0. The van der Waals surface area contributed by atoms with Gasteiger partial charge >= 0.3 is 0 Å². The Morgan fingerprint density at radius 1 is 1.00 bits per heavy atom. The first-order valence-corrected chi connectivity index (χ1v) is 6.09. The fourth-order valence-electron chi connectivity index (χ4n) is 1.24. The molecule has 0 saturated heterocycles. The zero-order valence-electron chi connectivity index (χ0n) is 8.44. The summed E-state index contributed by atoms with van der Waals surface area (Å²) in [5, 5.41) is 0. The highest BCUT2D eigenvalue weighted by molar-refractivity contribution is 6.45. The van der Waals surface area contributed by atoms with Crippen molar-refractivity contribution in [3.63, 3.8) is 0 Å². The van der Waals surface area contributed by atoms with Crippen molar-refractivity contribution >= 4 is 23.2 Å². The van der Waals surface area contributed by atoms with Crippen LogP contribution in [-0.2, 0) is 0 Å². The molecule has 0 saturated carbocycles. The Morgan fingerprint density at radius 2 is 1.62 bits per heavy atom. The van der Waals surface area contributed by atoms with E-state index < -0.39 is 0 Å². The minimum atomic E-state index is -0.333. The summed E-state index contributed by atoms with van der Waals surface area (Å²) in [6.45, 7) is 2.24. The standard InChI is InChI=1S/C11H20Cl2/c1-2-3-4-5-6-7-8-9-10-11(12)13/h9-11H,2-8H2,1H3/b10-9+. The van der Waals surface area contributed by atoms with E-state index in [0.717, 1.165) is 6.42 Å². The molecule has 0 aliphatic carbocycles. The molecule has 0 atom stereocenters. The van der Waals surface area contributed by atoms with Gasteiger partial charge in [0.05, 0.1) is 0 Å². The van der Waals surface area contributed by atoms with Crippen LogP contribution in [0.2, 0.25) is 0 Å². The normalized spacial score (nSPS) is 11.7. The van der Waals surface area contributed by atoms with E-state index in [1.807, 2.05) is 6.08 Å². The predicted octanol–water partition coefficient (Wildman–Crippen LogP) is 5.10. The van der Waals surface area contributed by atoms with Crippen LogP contribution in [0.15, 0.2) is 12.2 Å². The number of hydrogen-bond donors (Lipinski definition) is 0. The van der Waals surface area contributed by atoms with Crippen LogP contribution in [0.25, 0.3) is 0 Å². The molecule has 0 N–H and O–H groups in total. The molecule has 0 aliphatic heterocycles. The third-order valence-electron chi connectivity index (χ3n) is 2.01. The highest BCUT2D eigenvalue weighted by Gasteiger charge is 1.90. The SMILES string of the molecule is CCCCCCCC/C=C/C(Cl)Cl. The molecule has 2 heteroatoms. The van der Waals surface area contributed by atoms with Crippen LogP contribution < -0.4 is 0 Å². The fraction of sp³-hybridized carbons (Fsp3) is 0.818. The topological polar surface area (TPSA) is 0 Å². The summed E-state index contributed by atoms with van der Waals surface area (Å²) in [6.07, 6.45) is 13.1. The van der Waals surface area contributed by atoms with Crippen molar-refractivity contribution in [3.05, 3.63) is 12.2 Å². The third kappa shape index (κ3) is 12.3. The van der Waals surface area contributed by atoms with Gasteiger partial charge in [0.25, 0.3) is 0 Å². The molecule has 0 bridgehead atoms. The molecule has 0 spiro atoms. The van der Waals surface area contributed by atoms with Crippen LogP contribution in [0.1, 0.15) is 51.9 Å². The van der Waals surface area contributed by atoms with Gasteiger partial charge in [0.2, 0.25) is 0 Å². The van der Waals surface area contributed by atoms with Gasteiger partial charge in [-0.25, -0.2) is 0 Å². The van der Waals surface area contributed by atoms with Gasteiger partial charge in [0, 0.05) is 0 Å². The Morgan fingerprint density at radius 3 is 2.23 bits per heavy atom. The summed E-state index contributed by atoms with van der Waals surface area (Å²) < 4.78 is 0. The monoisotopic (exact) mass is 222 g/mol. The van der Waals surface area contributed by atoms with Crippen LogP contribution in [0.5, 0.6) is 0 Å². The predicted molar refractivity (Wildman–Crippen MR) is 62.6 cm³/mol. The molecular formula is C11H20Cl2. The number of unbranched alkanes of at least 4 members (excludes halogenated alkanes) is 6. The lowest BCUT2D eigenvalue weighted by Gasteiger charge is -1.97. The Bertz CT molecular complexity index is 119. The van der Waals surface area contributed by atoms with E-state index in [1.54, 1.807) is 0 Å². The number of rotatable bonds is 8. The second-order valence-electron chi connectivity index (χ2n) is 3.32. The van der Waals surface area contributed by atoms with Crippen LogP contribution in [0.4, 0.5) is 0 Å². The molecule has 0 aromatic carbocycles. The lowest BCUT2D eigenvalue weighted by molar-refractivity contribution is 0.611. The van der Waals surface area contributed by atoms with Gasteiger partial charge in [0.15, 0.2) is 0 Å². The lowest BCUT2D eigenvalue weighted by atomic mass is 10.1. The third-order valence-corrected chi connectivity index (χ3v) is 2.30. The van der Waals surface area contributed by atoms with Gasteiger partial charge in [-0.05, 0) is 12.8 Å². The van der Waals surface area contributed by atoms with Crippen molar-refractivity contribution in [1.29, 1.82) is 0 Å². The van der Waals surface area contributed by atoms with Crippen molar-refractivity contribution in [2.24, 2.45) is 0 Å². The van der Waals surface area contributed by atoms with Crippen LogP contribution in [-0.4, -0.2) is 4.84 Å². The molecule has 0 amide bonds. The zero-order chi connectivity index (χ0) is 9.94. The molecule has 0 nitrogen and oxygen atoms in total. The highest BCUT2D eigenvalue weighted by Crippen LogP contribution is 2.08. The van der Waals surface area contributed by atoms with Crippen LogP contribution >= 0.6 is 23.2 Å². The molecule has 78 valence electrons. The smallest absolute Gasteiger partial charge is 0.101 e. The molecule has 0 aromatic rings. The first-order chi connectivity index (χ1) is 6.27. The minimum absolute atomic E-state index is 0.333. The van der Waals surface area contributed by atoms with Crippen molar-refractivity contribution in [2.75, 3.05) is 0 Å². The van der Waals surface area contributed by atoms with Crippen molar-refractivity contribution in [1.82, 2.24) is 0 Å². The molecule has 0 rings (SSSR count). The molecule has 0 fully saturated rings. The van der Waals surface area contributed by atoms with E-state index in [0.29, 0.717) is 0 Å². The molecule has 0 aromatic heterocycles. The number of alkyl halides is 2. The molecule has 0 radical (unpaired) electrons. The van der Waals surface area contributed by atoms with Crippen LogP contribution in [0.3, 0.4) is 0 Å². The maximum atomic E-state index is 5.54. The summed E-state index contributed by atoms with van der Waals surface area (Å²) in [4.78, 5) is -0.333. The molecule has 0 unspecified atom stereocenters. The van der Waals surface area contributed by atoms with Crippen molar-refractivity contribution in [3.8, 4) is 0 Å². The van der Waals surface area contributed by atoms with Crippen molar-refractivity contribution in [2.45, 2.75) is 56.7 Å². The van der Waals surface area contributed by atoms with Gasteiger partial charge < -0.3 is 0 Å². The summed E-state index contributed by atoms with van der Waals surface area (Å²) in [6, 6.07) is 0. The van der Waals surface area contributed by atoms with Gasteiger partial charge in [-0.2, -0.15) is 0 Å². The maximum absolute atomic E-state index is 5.54. The van der Waals surface area contributed by atoms with Gasteiger partial charge in [-0.3, -0.25) is 0 Å². The Labute approximate surface area is 92.3 Å². The minimum Gasteiger partial charge on any atom is -0.101 e. The Balaban J connectivity index is 2.99. The number of halogens is 2. The molecule has 0 aliphatic rings.